The van der Waals surface area contributed by atoms with Crippen molar-refractivity contribution in [1.29, 1.82) is 0 Å². The van der Waals surface area contributed by atoms with E-state index in [1.54, 1.807) is 24.5 Å². The quantitative estimate of drug-likeness (QED) is 0.214. The van der Waals surface area contributed by atoms with E-state index in [2.05, 4.69) is 41.7 Å². The molecule has 3 rings (SSSR count). The molecule has 168 valence electrons. The van der Waals surface area contributed by atoms with Crippen LogP contribution in [-0.4, -0.2) is 17.7 Å². The monoisotopic (exact) mass is 434 g/mol. The smallest absolute Gasteiger partial charge is 0.246 e. The molecule has 0 radical (unpaired) electrons. The summed E-state index contributed by atoms with van der Waals surface area (Å²) in [5, 5.41) is 12.6. The van der Waals surface area contributed by atoms with Gasteiger partial charge < -0.3 is 5.32 Å². The Kier molecular flexibility index (Phi) is 8.96. The number of hydrogen-bond donors (Lipinski definition) is 3. The number of benzene rings is 3. The first-order valence-corrected chi connectivity index (χ1v) is 11.1. The second-order valence-corrected chi connectivity index (χ2v) is 8.20. The fourth-order valence-electron chi connectivity index (χ4n) is 3.90. The molecule has 0 bridgehead atoms. The summed E-state index contributed by atoms with van der Waals surface area (Å²) < 4.78 is 13.5. The molecular formula is C27H31FN2O2. The molecule has 0 saturated carbocycles. The predicted molar refractivity (Wildman–Crippen MR) is 126 cm³/mol. The van der Waals surface area contributed by atoms with Gasteiger partial charge in [-0.1, -0.05) is 67.1 Å². The summed E-state index contributed by atoms with van der Waals surface area (Å²) in [5.74, 6) is -0.984. The van der Waals surface area contributed by atoms with E-state index in [9.17, 15) is 9.18 Å². The SMILES string of the molecule is Cc1cc(C[C@H](CCCCNCc2cccc(-c3ccccc3)c2)C(=O)NO)ccc1F. The van der Waals surface area contributed by atoms with Gasteiger partial charge in [0.15, 0.2) is 0 Å². The molecule has 1 amide bonds. The van der Waals surface area contributed by atoms with E-state index in [0.717, 1.165) is 31.5 Å². The number of carbonyl (C=O) groups excluding carboxylic acids is 1. The average molecular weight is 435 g/mol. The molecule has 0 heterocycles. The molecule has 3 N–H and O–H groups in total. The molecule has 4 nitrogen and oxygen atoms in total. The van der Waals surface area contributed by atoms with E-state index in [4.69, 9.17) is 5.21 Å². The standard InChI is InChI=1S/C27H31FN2O2/c1-20-16-21(13-14-26(20)28)17-25(27(31)30-32)11-5-6-15-29-19-22-8-7-12-24(18-22)23-9-3-2-4-10-23/h2-4,7-10,12-14,16,18,25,29,32H,5-6,11,15,17,19H2,1H3,(H,30,31)/t25-/m0/s1. The maximum atomic E-state index is 13.5. The van der Waals surface area contributed by atoms with Crippen LogP contribution in [0.3, 0.4) is 0 Å². The summed E-state index contributed by atoms with van der Waals surface area (Å²) in [6.07, 6.45) is 2.92. The third kappa shape index (κ3) is 7.01. The van der Waals surface area contributed by atoms with E-state index in [1.807, 2.05) is 18.2 Å². The minimum Gasteiger partial charge on any atom is -0.313 e. The van der Waals surface area contributed by atoms with Crippen LogP contribution in [0.2, 0.25) is 0 Å². The van der Waals surface area contributed by atoms with Gasteiger partial charge in [-0.25, -0.2) is 9.87 Å². The van der Waals surface area contributed by atoms with Crippen LogP contribution < -0.4 is 10.8 Å². The van der Waals surface area contributed by atoms with Crippen molar-refractivity contribution < 1.29 is 14.4 Å². The van der Waals surface area contributed by atoms with Crippen molar-refractivity contribution in [2.75, 3.05) is 6.54 Å². The highest BCUT2D eigenvalue weighted by Gasteiger charge is 2.18. The van der Waals surface area contributed by atoms with Crippen molar-refractivity contribution >= 4 is 5.91 Å². The van der Waals surface area contributed by atoms with Gasteiger partial charge in [0.1, 0.15) is 5.82 Å². The molecule has 0 spiro atoms. The molecule has 5 heteroatoms. The van der Waals surface area contributed by atoms with Crippen LogP contribution >= 0.6 is 0 Å². The van der Waals surface area contributed by atoms with Gasteiger partial charge in [-0.05, 0) is 72.7 Å². The highest BCUT2D eigenvalue weighted by Crippen LogP contribution is 2.20. The fraction of sp³-hybridized carbons (Fsp3) is 0.296. The van der Waals surface area contributed by atoms with E-state index >= 15 is 0 Å². The first kappa shape index (κ1) is 23.6. The molecule has 0 aliphatic heterocycles. The minimum atomic E-state index is -0.391. The van der Waals surface area contributed by atoms with Crippen molar-refractivity contribution in [2.45, 2.75) is 39.2 Å². The van der Waals surface area contributed by atoms with Crippen molar-refractivity contribution in [3.8, 4) is 11.1 Å². The Morgan fingerprint density at radius 1 is 0.938 bits per heavy atom. The second kappa shape index (κ2) is 12.1. The molecule has 0 unspecified atom stereocenters. The average Bonchev–Trinajstić information content (AvgIpc) is 2.83. The maximum absolute atomic E-state index is 13.5. The molecule has 0 aromatic heterocycles. The van der Waals surface area contributed by atoms with Gasteiger partial charge in [-0.2, -0.15) is 0 Å². The lowest BCUT2D eigenvalue weighted by Gasteiger charge is -2.15. The zero-order valence-corrected chi connectivity index (χ0v) is 18.5. The third-order valence-electron chi connectivity index (χ3n) is 5.70. The Morgan fingerprint density at radius 2 is 1.72 bits per heavy atom. The van der Waals surface area contributed by atoms with Gasteiger partial charge in [0.05, 0.1) is 0 Å². The van der Waals surface area contributed by atoms with E-state index < -0.39 is 5.91 Å². The van der Waals surface area contributed by atoms with Crippen molar-refractivity contribution in [1.82, 2.24) is 10.8 Å². The zero-order chi connectivity index (χ0) is 22.8. The van der Waals surface area contributed by atoms with Crippen LogP contribution in [0.25, 0.3) is 11.1 Å². The van der Waals surface area contributed by atoms with Crippen molar-refractivity contribution in [3.63, 3.8) is 0 Å². The lowest BCUT2D eigenvalue weighted by Crippen LogP contribution is -2.29. The Hall–Kier alpha value is -3.02. The number of hydrogen-bond acceptors (Lipinski definition) is 3. The number of halogens is 1. The molecule has 0 aliphatic carbocycles. The maximum Gasteiger partial charge on any atom is 0.246 e. The molecule has 1 atom stereocenters. The molecule has 0 aliphatic rings. The van der Waals surface area contributed by atoms with Crippen LogP contribution in [0.1, 0.15) is 36.0 Å². The highest BCUT2D eigenvalue weighted by molar-refractivity contribution is 5.77. The number of hydroxylamine groups is 1. The number of rotatable bonds is 11. The van der Waals surface area contributed by atoms with Gasteiger partial charge in [-0.15, -0.1) is 0 Å². The summed E-state index contributed by atoms with van der Waals surface area (Å²) in [6.45, 7) is 3.34. The number of unbranched alkanes of at least 4 members (excludes halogenated alkanes) is 1. The van der Waals surface area contributed by atoms with Crippen molar-refractivity contribution in [2.24, 2.45) is 5.92 Å². The summed E-state index contributed by atoms with van der Waals surface area (Å²) in [5.41, 5.74) is 6.88. The number of nitrogens with one attached hydrogen (secondary N) is 2. The van der Waals surface area contributed by atoms with Crippen LogP contribution in [0.4, 0.5) is 4.39 Å². The Morgan fingerprint density at radius 3 is 2.47 bits per heavy atom. The first-order valence-electron chi connectivity index (χ1n) is 11.1. The Labute approximate surface area is 189 Å². The predicted octanol–water partition coefficient (Wildman–Crippen LogP) is 5.43. The van der Waals surface area contributed by atoms with Crippen LogP contribution in [0, 0.1) is 18.7 Å². The molecule has 3 aromatic rings. The summed E-state index contributed by atoms with van der Waals surface area (Å²) in [6, 6.07) is 23.7. The third-order valence-corrected chi connectivity index (χ3v) is 5.70. The Bertz CT molecular complexity index is 1010. The lowest BCUT2D eigenvalue weighted by molar-refractivity contribution is -0.133. The van der Waals surface area contributed by atoms with Gasteiger partial charge in [0.2, 0.25) is 5.91 Å². The minimum absolute atomic E-state index is 0.253. The van der Waals surface area contributed by atoms with E-state index in [-0.39, 0.29) is 11.7 Å². The first-order chi connectivity index (χ1) is 15.6. The van der Waals surface area contributed by atoms with E-state index in [1.165, 1.54) is 22.8 Å². The number of aryl methyl sites for hydroxylation is 1. The van der Waals surface area contributed by atoms with Gasteiger partial charge >= 0.3 is 0 Å². The van der Waals surface area contributed by atoms with E-state index in [0.29, 0.717) is 18.4 Å². The fourth-order valence-corrected chi connectivity index (χ4v) is 3.90. The highest BCUT2D eigenvalue weighted by atomic mass is 19.1. The largest absolute Gasteiger partial charge is 0.313 e. The number of carbonyl (C=O) groups is 1. The van der Waals surface area contributed by atoms with Gasteiger partial charge in [0, 0.05) is 12.5 Å². The van der Waals surface area contributed by atoms with Crippen LogP contribution in [0.5, 0.6) is 0 Å². The molecule has 32 heavy (non-hydrogen) atoms. The summed E-state index contributed by atoms with van der Waals surface area (Å²) in [7, 11) is 0. The summed E-state index contributed by atoms with van der Waals surface area (Å²) in [4.78, 5) is 12.1. The zero-order valence-electron chi connectivity index (χ0n) is 18.5. The summed E-state index contributed by atoms with van der Waals surface area (Å²) >= 11 is 0. The van der Waals surface area contributed by atoms with Crippen LogP contribution in [0.15, 0.2) is 72.8 Å². The normalized spacial score (nSPS) is 11.8. The van der Waals surface area contributed by atoms with Gasteiger partial charge in [-0.3, -0.25) is 10.0 Å². The topological polar surface area (TPSA) is 61.4 Å². The number of amides is 1. The molecule has 0 fully saturated rings. The van der Waals surface area contributed by atoms with Crippen molar-refractivity contribution in [3.05, 3.63) is 95.3 Å². The molecule has 0 saturated heterocycles. The van der Waals surface area contributed by atoms with Gasteiger partial charge in [0.25, 0.3) is 0 Å². The lowest BCUT2D eigenvalue weighted by atomic mass is 9.92. The molecule has 3 aromatic carbocycles. The second-order valence-electron chi connectivity index (χ2n) is 8.20. The molecular weight excluding hydrogens is 403 g/mol. The van der Waals surface area contributed by atoms with Crippen LogP contribution in [-0.2, 0) is 17.8 Å². The Balaban J connectivity index is 1.43.